The second-order valence-corrected chi connectivity index (χ2v) is 8.00. The van der Waals surface area contributed by atoms with Crippen molar-refractivity contribution in [2.75, 3.05) is 0 Å². The third-order valence-electron chi connectivity index (χ3n) is 5.00. The summed E-state index contributed by atoms with van der Waals surface area (Å²) >= 11 is 0. The Labute approximate surface area is 152 Å². The van der Waals surface area contributed by atoms with Crippen LogP contribution in [0, 0.1) is 0 Å². The molecule has 0 saturated carbocycles. The van der Waals surface area contributed by atoms with E-state index >= 15 is 0 Å². The van der Waals surface area contributed by atoms with E-state index in [0.717, 1.165) is 24.0 Å². The second-order valence-electron chi connectivity index (χ2n) is 8.00. The fraction of sp³-hybridized carbons (Fsp3) is 0.478. The second kappa shape index (κ2) is 8.16. The molecule has 0 heterocycles. The van der Waals surface area contributed by atoms with E-state index in [1.165, 1.54) is 11.1 Å². The highest BCUT2D eigenvalue weighted by Crippen LogP contribution is 2.30. The van der Waals surface area contributed by atoms with Crippen molar-refractivity contribution in [3.8, 4) is 0 Å². The molecule has 2 unspecified atom stereocenters. The van der Waals surface area contributed by atoms with Gasteiger partial charge >= 0.3 is 0 Å². The zero-order valence-corrected chi connectivity index (χ0v) is 16.2. The summed E-state index contributed by atoms with van der Waals surface area (Å²) in [5.74, 6) is 0.806. The highest BCUT2D eigenvalue weighted by Gasteiger charge is 2.18. The molecule has 2 aromatic rings. The van der Waals surface area contributed by atoms with Crippen LogP contribution in [0.4, 0.5) is 0 Å². The molecular formula is C23H32O2. The van der Waals surface area contributed by atoms with Gasteiger partial charge in [0.1, 0.15) is 0 Å². The standard InChI is InChI=1S/C23H32O2/c1-16(2)18-8-6-10-20(14-18)22(24)13-12-17(3)19-9-7-11-21(15-19)23(4,5)25/h6-11,14-17,22,24-25H,12-13H2,1-5H3. The predicted molar refractivity (Wildman–Crippen MR) is 105 cm³/mol. The van der Waals surface area contributed by atoms with Crippen LogP contribution in [0.5, 0.6) is 0 Å². The van der Waals surface area contributed by atoms with E-state index in [1.807, 2.05) is 38.1 Å². The van der Waals surface area contributed by atoms with Gasteiger partial charge in [-0.25, -0.2) is 0 Å². The van der Waals surface area contributed by atoms with Gasteiger partial charge in [0, 0.05) is 0 Å². The molecular weight excluding hydrogens is 308 g/mol. The molecule has 0 aliphatic heterocycles. The molecule has 25 heavy (non-hydrogen) atoms. The monoisotopic (exact) mass is 340 g/mol. The van der Waals surface area contributed by atoms with Crippen LogP contribution < -0.4 is 0 Å². The number of aliphatic hydroxyl groups is 2. The molecule has 2 atom stereocenters. The minimum atomic E-state index is -0.827. The minimum Gasteiger partial charge on any atom is -0.388 e. The van der Waals surface area contributed by atoms with Crippen LogP contribution in [0.2, 0.25) is 0 Å². The molecule has 2 heteroatoms. The van der Waals surface area contributed by atoms with Gasteiger partial charge in [0.2, 0.25) is 0 Å². The van der Waals surface area contributed by atoms with Gasteiger partial charge < -0.3 is 10.2 Å². The zero-order valence-electron chi connectivity index (χ0n) is 16.2. The summed E-state index contributed by atoms with van der Waals surface area (Å²) in [5, 5.41) is 20.8. The molecule has 0 aliphatic rings. The summed E-state index contributed by atoms with van der Waals surface area (Å²) in [6, 6.07) is 16.4. The molecule has 2 N–H and O–H groups in total. The Bertz CT molecular complexity index is 682. The molecule has 136 valence electrons. The lowest BCUT2D eigenvalue weighted by molar-refractivity contribution is 0.0784. The van der Waals surface area contributed by atoms with Crippen LogP contribution in [0.1, 0.15) is 87.7 Å². The fourth-order valence-electron chi connectivity index (χ4n) is 3.09. The van der Waals surface area contributed by atoms with Crippen molar-refractivity contribution in [1.82, 2.24) is 0 Å². The molecule has 0 spiro atoms. The predicted octanol–water partition coefficient (Wildman–Crippen LogP) is 5.65. The normalized spacial score (nSPS) is 14.6. The number of aliphatic hydroxyl groups excluding tert-OH is 1. The molecule has 0 bridgehead atoms. The maximum Gasteiger partial charge on any atom is 0.0840 e. The van der Waals surface area contributed by atoms with E-state index in [4.69, 9.17) is 0 Å². The first kappa shape index (κ1) is 19.7. The Morgan fingerprint density at radius 2 is 1.44 bits per heavy atom. The maximum absolute atomic E-state index is 10.6. The van der Waals surface area contributed by atoms with Crippen molar-refractivity contribution in [2.24, 2.45) is 0 Å². The number of hydrogen-bond donors (Lipinski definition) is 2. The van der Waals surface area contributed by atoms with Gasteiger partial charge in [-0.2, -0.15) is 0 Å². The van der Waals surface area contributed by atoms with Gasteiger partial charge in [-0.05, 0) is 60.8 Å². The van der Waals surface area contributed by atoms with Crippen LogP contribution in [0.3, 0.4) is 0 Å². The van der Waals surface area contributed by atoms with E-state index in [1.54, 1.807) is 0 Å². The van der Waals surface area contributed by atoms with Gasteiger partial charge in [-0.15, -0.1) is 0 Å². The van der Waals surface area contributed by atoms with E-state index < -0.39 is 11.7 Å². The van der Waals surface area contributed by atoms with Crippen molar-refractivity contribution in [2.45, 2.75) is 71.0 Å². The van der Waals surface area contributed by atoms with Crippen molar-refractivity contribution in [3.63, 3.8) is 0 Å². The first-order valence-electron chi connectivity index (χ1n) is 9.29. The lowest BCUT2D eigenvalue weighted by Gasteiger charge is -2.21. The summed E-state index contributed by atoms with van der Waals surface area (Å²) in [5.41, 5.74) is 3.59. The average molecular weight is 341 g/mol. The summed E-state index contributed by atoms with van der Waals surface area (Å²) in [6.45, 7) is 10.1. The summed E-state index contributed by atoms with van der Waals surface area (Å²) in [7, 11) is 0. The van der Waals surface area contributed by atoms with Gasteiger partial charge in [0.15, 0.2) is 0 Å². The molecule has 2 rings (SSSR count). The van der Waals surface area contributed by atoms with Crippen molar-refractivity contribution >= 4 is 0 Å². The molecule has 2 nitrogen and oxygen atoms in total. The van der Waals surface area contributed by atoms with E-state index in [2.05, 4.69) is 45.0 Å². The lowest BCUT2D eigenvalue weighted by atomic mass is 9.89. The third-order valence-corrected chi connectivity index (χ3v) is 5.00. The van der Waals surface area contributed by atoms with Crippen LogP contribution in [0.25, 0.3) is 0 Å². The van der Waals surface area contributed by atoms with Crippen molar-refractivity contribution < 1.29 is 10.2 Å². The molecule has 0 aliphatic carbocycles. The van der Waals surface area contributed by atoms with Gasteiger partial charge in [-0.3, -0.25) is 0 Å². The Morgan fingerprint density at radius 3 is 2.08 bits per heavy atom. The highest BCUT2D eigenvalue weighted by atomic mass is 16.3. The van der Waals surface area contributed by atoms with Gasteiger partial charge in [0.25, 0.3) is 0 Å². The first-order chi connectivity index (χ1) is 11.7. The number of benzene rings is 2. The zero-order chi connectivity index (χ0) is 18.6. The van der Waals surface area contributed by atoms with E-state index in [9.17, 15) is 10.2 Å². The van der Waals surface area contributed by atoms with Gasteiger partial charge in [0.05, 0.1) is 11.7 Å². The highest BCUT2D eigenvalue weighted by molar-refractivity contribution is 5.30. The summed E-state index contributed by atoms with van der Waals surface area (Å²) < 4.78 is 0. The minimum absolute atomic E-state index is 0.338. The van der Waals surface area contributed by atoms with Gasteiger partial charge in [-0.1, -0.05) is 69.3 Å². The average Bonchev–Trinajstić information content (AvgIpc) is 2.58. The third kappa shape index (κ3) is 5.42. The molecule has 0 aromatic heterocycles. The molecule has 0 radical (unpaired) electrons. The fourth-order valence-corrected chi connectivity index (χ4v) is 3.09. The quantitative estimate of drug-likeness (QED) is 0.683. The largest absolute Gasteiger partial charge is 0.388 e. The Balaban J connectivity index is 2.02. The molecule has 2 aromatic carbocycles. The molecule has 0 fully saturated rings. The van der Waals surface area contributed by atoms with E-state index in [0.29, 0.717) is 11.8 Å². The van der Waals surface area contributed by atoms with Crippen molar-refractivity contribution in [3.05, 3.63) is 70.8 Å². The van der Waals surface area contributed by atoms with Crippen molar-refractivity contribution in [1.29, 1.82) is 0 Å². The van der Waals surface area contributed by atoms with Crippen LogP contribution >= 0.6 is 0 Å². The smallest absolute Gasteiger partial charge is 0.0840 e. The topological polar surface area (TPSA) is 40.5 Å². The van der Waals surface area contributed by atoms with Crippen LogP contribution in [0.15, 0.2) is 48.5 Å². The SMILES string of the molecule is CC(C)c1cccc(C(O)CCC(C)c2cccc(C(C)(C)O)c2)c1. The molecule has 0 amide bonds. The maximum atomic E-state index is 10.6. The van der Waals surface area contributed by atoms with Crippen LogP contribution in [-0.4, -0.2) is 10.2 Å². The first-order valence-corrected chi connectivity index (χ1v) is 9.29. The number of hydrogen-bond acceptors (Lipinski definition) is 2. The Kier molecular flexibility index (Phi) is 6.42. The number of rotatable bonds is 7. The Hall–Kier alpha value is -1.64. The lowest BCUT2D eigenvalue weighted by Crippen LogP contribution is -2.15. The Morgan fingerprint density at radius 1 is 0.840 bits per heavy atom. The molecule has 0 saturated heterocycles. The summed E-state index contributed by atoms with van der Waals surface area (Å²) in [4.78, 5) is 0. The summed E-state index contributed by atoms with van der Waals surface area (Å²) in [6.07, 6.45) is 1.20. The van der Waals surface area contributed by atoms with E-state index in [-0.39, 0.29) is 0 Å². The van der Waals surface area contributed by atoms with Crippen LogP contribution in [-0.2, 0) is 5.60 Å².